The van der Waals surface area contributed by atoms with Crippen molar-refractivity contribution in [3.8, 4) is 23.0 Å². The molecule has 0 N–H and O–H groups in total. The van der Waals surface area contributed by atoms with E-state index in [1.165, 1.54) is 6.08 Å². The first-order valence-corrected chi connectivity index (χ1v) is 8.67. The van der Waals surface area contributed by atoms with E-state index in [0.717, 1.165) is 10.9 Å². The van der Waals surface area contributed by atoms with E-state index in [1.54, 1.807) is 46.6 Å². The van der Waals surface area contributed by atoms with Gasteiger partial charge >= 0.3 is 0 Å². The molecule has 0 amide bonds. The molecule has 0 fully saturated rings. The average Bonchev–Trinajstić information content (AvgIpc) is 3.07. The Morgan fingerprint density at radius 1 is 0.893 bits per heavy atom. The zero-order chi connectivity index (χ0) is 20.3. The molecule has 6 nitrogen and oxygen atoms in total. The van der Waals surface area contributed by atoms with E-state index in [0.29, 0.717) is 34.1 Å². The highest BCUT2D eigenvalue weighted by molar-refractivity contribution is 6.15. The third-order valence-electron chi connectivity index (χ3n) is 4.62. The lowest BCUT2D eigenvalue weighted by Crippen LogP contribution is -1.96. The number of aromatic nitrogens is 1. The minimum Gasteiger partial charge on any atom is -0.497 e. The molecule has 0 unspecified atom stereocenters. The molecule has 1 aromatic heterocycles. The van der Waals surface area contributed by atoms with Crippen molar-refractivity contribution in [3.63, 3.8) is 0 Å². The van der Waals surface area contributed by atoms with E-state index in [1.807, 2.05) is 36.0 Å². The van der Waals surface area contributed by atoms with Crippen LogP contribution in [0.4, 0.5) is 0 Å². The summed E-state index contributed by atoms with van der Waals surface area (Å²) in [6.07, 6.45) is 5.03. The molecule has 146 valence electrons. The van der Waals surface area contributed by atoms with Gasteiger partial charge in [-0.2, -0.15) is 0 Å². The topological polar surface area (TPSA) is 58.9 Å². The molecule has 3 rings (SSSR count). The van der Waals surface area contributed by atoms with E-state index in [4.69, 9.17) is 18.9 Å². The van der Waals surface area contributed by atoms with Crippen LogP contribution < -0.4 is 18.9 Å². The van der Waals surface area contributed by atoms with Gasteiger partial charge in [0.15, 0.2) is 5.78 Å². The molecule has 0 bridgehead atoms. The van der Waals surface area contributed by atoms with Gasteiger partial charge in [-0.3, -0.25) is 4.79 Å². The summed E-state index contributed by atoms with van der Waals surface area (Å²) in [5.74, 6) is 2.30. The molecule has 0 aliphatic rings. The lowest BCUT2D eigenvalue weighted by atomic mass is 10.1. The summed E-state index contributed by atoms with van der Waals surface area (Å²) in [5.41, 5.74) is 2.22. The molecule has 1 heterocycles. The highest BCUT2D eigenvalue weighted by Crippen LogP contribution is 2.35. The monoisotopic (exact) mass is 381 g/mol. The second-order valence-electron chi connectivity index (χ2n) is 6.18. The normalized spacial score (nSPS) is 11.0. The van der Waals surface area contributed by atoms with Gasteiger partial charge in [-0.05, 0) is 30.4 Å². The molecule has 2 aromatic carbocycles. The summed E-state index contributed by atoms with van der Waals surface area (Å²) in [6.45, 7) is 0. The number of fused-ring (bicyclic) bond motifs is 1. The van der Waals surface area contributed by atoms with Crippen LogP contribution in [-0.4, -0.2) is 38.8 Å². The van der Waals surface area contributed by atoms with Gasteiger partial charge in [-0.1, -0.05) is 0 Å². The third-order valence-corrected chi connectivity index (χ3v) is 4.62. The van der Waals surface area contributed by atoms with Crippen LogP contribution in [0.25, 0.3) is 17.0 Å². The second-order valence-corrected chi connectivity index (χ2v) is 6.18. The number of allylic oxidation sites excluding steroid dienone is 1. The first kappa shape index (κ1) is 19.4. The van der Waals surface area contributed by atoms with Gasteiger partial charge in [0.25, 0.3) is 0 Å². The summed E-state index contributed by atoms with van der Waals surface area (Å²) < 4.78 is 23.3. The van der Waals surface area contributed by atoms with Gasteiger partial charge in [-0.15, -0.1) is 0 Å². The summed E-state index contributed by atoms with van der Waals surface area (Å²) in [4.78, 5) is 12.9. The molecule has 0 aliphatic heterocycles. The van der Waals surface area contributed by atoms with Crippen LogP contribution in [0, 0.1) is 0 Å². The van der Waals surface area contributed by atoms with Crippen molar-refractivity contribution in [1.82, 2.24) is 4.57 Å². The minimum absolute atomic E-state index is 0.126. The second kappa shape index (κ2) is 8.08. The molecule has 6 heteroatoms. The van der Waals surface area contributed by atoms with Crippen LogP contribution in [0.15, 0.2) is 42.6 Å². The summed E-state index contributed by atoms with van der Waals surface area (Å²) in [6, 6.07) is 9.17. The minimum atomic E-state index is -0.126. The maximum atomic E-state index is 12.9. The Bertz CT molecular complexity index is 1020. The predicted octanol–water partition coefficient (Wildman–Crippen LogP) is 4.11. The molecular formula is C22H23NO5. The Labute approximate surface area is 163 Å². The van der Waals surface area contributed by atoms with Crippen molar-refractivity contribution in [2.45, 2.75) is 0 Å². The average molecular weight is 381 g/mol. The predicted molar refractivity (Wildman–Crippen MR) is 109 cm³/mol. The number of hydrogen-bond donors (Lipinski definition) is 0. The fourth-order valence-corrected chi connectivity index (χ4v) is 3.14. The zero-order valence-electron chi connectivity index (χ0n) is 16.6. The van der Waals surface area contributed by atoms with Gasteiger partial charge in [0.2, 0.25) is 0 Å². The molecule has 0 aliphatic carbocycles. The molecule has 0 radical (unpaired) electrons. The van der Waals surface area contributed by atoms with Crippen LogP contribution in [0.3, 0.4) is 0 Å². The number of benzene rings is 2. The quantitative estimate of drug-likeness (QED) is 0.455. The highest BCUT2D eigenvalue weighted by atomic mass is 16.5. The Morgan fingerprint density at radius 2 is 1.54 bits per heavy atom. The molecule has 0 atom stereocenters. The highest BCUT2D eigenvalue weighted by Gasteiger charge is 2.15. The number of carbonyl (C=O) groups excluding carboxylic acids is 1. The van der Waals surface area contributed by atoms with Gasteiger partial charge in [-0.25, -0.2) is 0 Å². The van der Waals surface area contributed by atoms with Crippen molar-refractivity contribution in [2.24, 2.45) is 7.05 Å². The number of hydrogen-bond acceptors (Lipinski definition) is 5. The first-order chi connectivity index (χ1) is 13.5. The summed E-state index contributed by atoms with van der Waals surface area (Å²) in [5, 5.41) is 0.838. The first-order valence-electron chi connectivity index (χ1n) is 8.67. The van der Waals surface area contributed by atoms with Crippen molar-refractivity contribution >= 4 is 22.8 Å². The van der Waals surface area contributed by atoms with Gasteiger partial charge in [0.1, 0.15) is 23.0 Å². The summed E-state index contributed by atoms with van der Waals surface area (Å²) >= 11 is 0. The Balaban J connectivity index is 2.02. The third kappa shape index (κ3) is 3.53. The van der Waals surface area contributed by atoms with Crippen LogP contribution in [0.1, 0.15) is 15.9 Å². The molecular weight excluding hydrogens is 358 g/mol. The van der Waals surface area contributed by atoms with Crippen LogP contribution in [-0.2, 0) is 7.05 Å². The fourth-order valence-electron chi connectivity index (χ4n) is 3.14. The summed E-state index contributed by atoms with van der Waals surface area (Å²) in [7, 11) is 8.20. The van der Waals surface area contributed by atoms with E-state index < -0.39 is 0 Å². The van der Waals surface area contributed by atoms with E-state index in [-0.39, 0.29) is 5.78 Å². The van der Waals surface area contributed by atoms with Crippen LogP contribution >= 0.6 is 0 Å². The van der Waals surface area contributed by atoms with Gasteiger partial charge < -0.3 is 23.5 Å². The van der Waals surface area contributed by atoms with E-state index in [9.17, 15) is 4.79 Å². The number of aryl methyl sites for hydroxylation is 1. The standard InChI is InChI=1S/C22H23NO5/c1-23-13-18(17-10-14(25-2)6-8-19(17)23)20(24)9-7-16-21(27-4)11-15(26-3)12-22(16)28-5/h6-13H,1-5H3/b9-7+. The van der Waals surface area contributed by atoms with E-state index in [2.05, 4.69) is 0 Å². The molecule has 28 heavy (non-hydrogen) atoms. The van der Waals surface area contributed by atoms with Gasteiger partial charge in [0.05, 0.1) is 34.0 Å². The van der Waals surface area contributed by atoms with Crippen LogP contribution in [0.2, 0.25) is 0 Å². The Hall–Kier alpha value is -3.41. The largest absolute Gasteiger partial charge is 0.497 e. The van der Waals surface area contributed by atoms with Crippen molar-refractivity contribution in [1.29, 1.82) is 0 Å². The SMILES string of the molecule is COc1cc(OC)c(/C=C/C(=O)c2cn(C)c3ccc(OC)cc23)c(OC)c1. The zero-order valence-corrected chi connectivity index (χ0v) is 16.6. The van der Waals surface area contributed by atoms with Crippen molar-refractivity contribution in [2.75, 3.05) is 28.4 Å². The smallest absolute Gasteiger partial charge is 0.188 e. The number of rotatable bonds is 7. The maximum Gasteiger partial charge on any atom is 0.188 e. The number of methoxy groups -OCH3 is 4. The van der Waals surface area contributed by atoms with E-state index >= 15 is 0 Å². The molecule has 0 saturated heterocycles. The van der Waals surface area contributed by atoms with Crippen molar-refractivity contribution in [3.05, 3.63) is 53.7 Å². The molecule has 0 saturated carbocycles. The van der Waals surface area contributed by atoms with Crippen LogP contribution in [0.5, 0.6) is 23.0 Å². The fraction of sp³-hybridized carbons (Fsp3) is 0.227. The molecule has 3 aromatic rings. The van der Waals surface area contributed by atoms with Crippen molar-refractivity contribution < 1.29 is 23.7 Å². The number of ether oxygens (including phenoxy) is 4. The maximum absolute atomic E-state index is 12.9. The molecule has 0 spiro atoms. The number of carbonyl (C=O) groups is 1. The number of nitrogens with zero attached hydrogens (tertiary/aromatic N) is 1. The number of ketones is 1. The Kier molecular flexibility index (Phi) is 5.59. The Morgan fingerprint density at radius 3 is 2.11 bits per heavy atom. The lowest BCUT2D eigenvalue weighted by Gasteiger charge is -2.12. The lowest BCUT2D eigenvalue weighted by molar-refractivity contribution is 0.104. The van der Waals surface area contributed by atoms with Gasteiger partial charge in [0, 0.05) is 41.8 Å².